The van der Waals surface area contributed by atoms with Gasteiger partial charge in [0, 0.05) is 28.8 Å². The number of aliphatic hydroxyl groups excluding tert-OH is 2. The summed E-state index contributed by atoms with van der Waals surface area (Å²) >= 11 is 2.39. The van der Waals surface area contributed by atoms with Crippen molar-refractivity contribution >= 4 is 32.7 Å². The predicted octanol–water partition coefficient (Wildman–Crippen LogP) is 1.81. The molecule has 1 heterocycles. The number of halogens is 1. The number of β-amino-alcohol motifs (C(OH)–C–C–N with tert-alkyl or cyclic N) is 1. The lowest BCUT2D eigenvalue weighted by molar-refractivity contribution is -0.945. The Hall–Kier alpha value is -1.08. The van der Waals surface area contributed by atoms with Crippen LogP contribution >= 0.6 is 22.6 Å². The minimum atomic E-state index is -4.27. The van der Waals surface area contributed by atoms with Crippen LogP contribution in [0.15, 0.2) is 53.4 Å². The Kier molecular flexibility index (Phi) is 10.3. The standard InChI is InChI=1S/C15H24IN2O2.C7H8O3S/c16-15-4-2-1-3-14(15)13-18(10-12-20)8-5-17(6-9-18)7-11-19;1-6-2-4-7(5-3-6)11(8,9)10/h1-4,19-20H,5-13H2;2-5H,1H3,(H,8,9,10)/q+1;/p-1. The molecule has 0 amide bonds. The fraction of sp³-hybridized carbons (Fsp3) is 0.455. The molecule has 2 aromatic carbocycles. The SMILES string of the molecule is Cc1ccc(S(=O)(=O)[O-])cc1.OCCN1CC[N+](CCO)(Cc2ccccc2I)CC1. The van der Waals surface area contributed by atoms with Gasteiger partial charge in [0.25, 0.3) is 0 Å². The number of aliphatic hydroxyl groups is 2. The van der Waals surface area contributed by atoms with E-state index in [1.54, 1.807) is 12.1 Å². The summed E-state index contributed by atoms with van der Waals surface area (Å²) in [4.78, 5) is 2.13. The van der Waals surface area contributed by atoms with Crippen LogP contribution in [0.4, 0.5) is 0 Å². The summed E-state index contributed by atoms with van der Waals surface area (Å²) < 4.78 is 33.4. The van der Waals surface area contributed by atoms with Crippen LogP contribution in [0.3, 0.4) is 0 Å². The van der Waals surface area contributed by atoms with E-state index in [9.17, 15) is 18.1 Å². The molecule has 0 spiro atoms. The van der Waals surface area contributed by atoms with Crippen LogP contribution in [0.25, 0.3) is 0 Å². The van der Waals surface area contributed by atoms with Gasteiger partial charge in [-0.05, 0) is 47.7 Å². The van der Waals surface area contributed by atoms with Crippen LogP contribution < -0.4 is 0 Å². The van der Waals surface area contributed by atoms with E-state index in [-0.39, 0.29) is 18.1 Å². The van der Waals surface area contributed by atoms with Gasteiger partial charge in [0.1, 0.15) is 23.2 Å². The van der Waals surface area contributed by atoms with Crippen molar-refractivity contribution in [1.29, 1.82) is 0 Å². The van der Waals surface area contributed by atoms with Gasteiger partial charge in [-0.25, -0.2) is 8.42 Å². The molecule has 2 N–H and O–H groups in total. The highest BCUT2D eigenvalue weighted by Crippen LogP contribution is 2.21. The highest BCUT2D eigenvalue weighted by Gasteiger charge is 2.32. The van der Waals surface area contributed by atoms with Gasteiger partial charge in [-0.15, -0.1) is 0 Å². The van der Waals surface area contributed by atoms with Crippen LogP contribution in [0, 0.1) is 10.5 Å². The summed E-state index contributed by atoms with van der Waals surface area (Å²) in [6.07, 6.45) is 0. The van der Waals surface area contributed by atoms with Crippen molar-refractivity contribution in [1.82, 2.24) is 4.90 Å². The molecule has 1 aliphatic rings. The second kappa shape index (κ2) is 12.2. The fourth-order valence-electron chi connectivity index (χ4n) is 3.66. The van der Waals surface area contributed by atoms with Gasteiger partial charge in [-0.2, -0.15) is 0 Å². The molecule has 2 aromatic rings. The van der Waals surface area contributed by atoms with E-state index in [0.717, 1.165) is 55.9 Å². The second-order valence-corrected chi connectivity index (χ2v) is 10.4. The highest BCUT2D eigenvalue weighted by molar-refractivity contribution is 14.1. The Labute approximate surface area is 198 Å². The van der Waals surface area contributed by atoms with Gasteiger partial charge < -0.3 is 19.2 Å². The normalized spacial score (nSPS) is 16.4. The fourth-order valence-corrected chi connectivity index (χ4v) is 4.69. The number of nitrogens with zero attached hydrogens (tertiary/aromatic N) is 2. The van der Waals surface area contributed by atoms with Gasteiger partial charge in [-0.3, -0.25) is 4.90 Å². The predicted molar refractivity (Wildman–Crippen MR) is 127 cm³/mol. The number of aryl methyl sites for hydroxylation is 1. The average molecular weight is 562 g/mol. The Morgan fingerprint density at radius 3 is 2.16 bits per heavy atom. The maximum Gasteiger partial charge on any atom is 0.124 e. The summed E-state index contributed by atoms with van der Waals surface area (Å²) in [6, 6.07) is 14.3. The average Bonchev–Trinajstić information content (AvgIpc) is 2.72. The van der Waals surface area contributed by atoms with Crippen molar-refractivity contribution in [2.45, 2.75) is 18.4 Å². The van der Waals surface area contributed by atoms with Crippen molar-refractivity contribution in [2.75, 3.05) is 52.5 Å². The first-order chi connectivity index (χ1) is 14.7. The third kappa shape index (κ3) is 8.41. The molecular weight excluding hydrogens is 531 g/mol. The molecule has 3 rings (SSSR count). The smallest absolute Gasteiger partial charge is 0.124 e. The third-order valence-electron chi connectivity index (χ3n) is 5.54. The van der Waals surface area contributed by atoms with Crippen molar-refractivity contribution in [3.05, 3.63) is 63.2 Å². The lowest BCUT2D eigenvalue weighted by Gasteiger charge is -2.44. The number of rotatable bonds is 7. The Balaban J connectivity index is 0.000000262. The van der Waals surface area contributed by atoms with Gasteiger partial charge in [0.05, 0.1) is 31.2 Å². The number of hydrogen-bond donors (Lipinski definition) is 2. The third-order valence-corrected chi connectivity index (χ3v) is 7.45. The lowest BCUT2D eigenvalue weighted by atomic mass is 10.1. The Morgan fingerprint density at radius 2 is 1.65 bits per heavy atom. The first kappa shape index (κ1) is 26.2. The van der Waals surface area contributed by atoms with Crippen LogP contribution in [0.2, 0.25) is 0 Å². The number of hydrogen-bond acceptors (Lipinski definition) is 6. The van der Waals surface area contributed by atoms with Crippen molar-refractivity contribution in [3.63, 3.8) is 0 Å². The van der Waals surface area contributed by atoms with Crippen LogP contribution in [0.5, 0.6) is 0 Å². The first-order valence-electron chi connectivity index (χ1n) is 10.2. The van der Waals surface area contributed by atoms with E-state index in [1.165, 1.54) is 21.3 Å². The maximum atomic E-state index is 10.4. The second-order valence-electron chi connectivity index (χ2n) is 7.82. The van der Waals surface area contributed by atoms with E-state index in [4.69, 9.17) is 5.11 Å². The maximum absolute atomic E-state index is 10.4. The van der Waals surface area contributed by atoms with Gasteiger partial charge in [0.2, 0.25) is 0 Å². The molecule has 7 nitrogen and oxygen atoms in total. The zero-order valence-electron chi connectivity index (χ0n) is 17.8. The summed E-state index contributed by atoms with van der Waals surface area (Å²) in [6.45, 7) is 8.97. The van der Waals surface area contributed by atoms with Crippen LogP contribution in [0.1, 0.15) is 11.1 Å². The molecule has 1 aliphatic heterocycles. The van der Waals surface area contributed by atoms with Gasteiger partial charge in [0.15, 0.2) is 0 Å². The largest absolute Gasteiger partial charge is 0.744 e. The van der Waals surface area contributed by atoms with E-state index in [2.05, 4.69) is 51.8 Å². The van der Waals surface area contributed by atoms with Crippen molar-refractivity contribution in [2.24, 2.45) is 0 Å². The van der Waals surface area contributed by atoms with Gasteiger partial charge >= 0.3 is 0 Å². The van der Waals surface area contributed by atoms with Gasteiger partial charge in [-0.1, -0.05) is 35.9 Å². The zero-order valence-corrected chi connectivity index (χ0v) is 20.8. The molecule has 1 saturated heterocycles. The number of benzene rings is 2. The number of piperazine rings is 1. The minimum Gasteiger partial charge on any atom is -0.744 e. The highest BCUT2D eigenvalue weighted by atomic mass is 127. The van der Waals surface area contributed by atoms with Crippen LogP contribution in [-0.4, -0.2) is 85.0 Å². The summed E-state index contributed by atoms with van der Waals surface area (Å²) in [5.41, 5.74) is 2.30. The molecule has 0 unspecified atom stereocenters. The first-order valence-corrected chi connectivity index (χ1v) is 12.7. The molecule has 0 bridgehead atoms. The quantitative estimate of drug-likeness (QED) is 0.304. The zero-order chi connectivity index (χ0) is 22.9. The molecule has 31 heavy (non-hydrogen) atoms. The van der Waals surface area contributed by atoms with Crippen molar-refractivity contribution in [3.8, 4) is 0 Å². The molecule has 9 heteroatoms. The Morgan fingerprint density at radius 1 is 1.03 bits per heavy atom. The summed E-state index contributed by atoms with van der Waals surface area (Å²) in [5, 5.41) is 18.5. The molecular formula is C22H31IN2O5S. The minimum absolute atomic E-state index is 0.178. The van der Waals surface area contributed by atoms with Crippen LogP contribution in [-0.2, 0) is 16.7 Å². The summed E-state index contributed by atoms with van der Waals surface area (Å²) in [5.74, 6) is 0. The monoisotopic (exact) mass is 562 g/mol. The molecule has 1 fully saturated rings. The van der Waals surface area contributed by atoms with E-state index < -0.39 is 10.1 Å². The summed E-state index contributed by atoms with van der Waals surface area (Å²) in [7, 11) is -4.27. The van der Waals surface area contributed by atoms with E-state index in [0.29, 0.717) is 0 Å². The molecule has 0 radical (unpaired) electrons. The number of quaternary nitrogens is 1. The van der Waals surface area contributed by atoms with E-state index in [1.807, 2.05) is 6.92 Å². The van der Waals surface area contributed by atoms with Crippen molar-refractivity contribution < 1.29 is 27.7 Å². The molecule has 172 valence electrons. The molecule has 0 saturated carbocycles. The lowest BCUT2D eigenvalue weighted by Crippen LogP contribution is -2.60. The molecule has 0 aromatic heterocycles. The Bertz CT molecular complexity index is 914. The molecule has 0 atom stereocenters. The van der Waals surface area contributed by atoms with E-state index >= 15 is 0 Å². The topological polar surface area (TPSA) is 101 Å². The molecule has 0 aliphatic carbocycles.